The van der Waals surface area contributed by atoms with E-state index in [0.29, 0.717) is 11.3 Å². The van der Waals surface area contributed by atoms with Crippen LogP contribution in [0.3, 0.4) is 0 Å². The van der Waals surface area contributed by atoms with Gasteiger partial charge in [-0.25, -0.2) is 0 Å². The first kappa shape index (κ1) is 13.9. The molecule has 0 amide bonds. The molecular formula is C13H18BrClO. The molecule has 0 aromatic heterocycles. The van der Waals surface area contributed by atoms with Gasteiger partial charge >= 0.3 is 0 Å². The third kappa shape index (κ3) is 4.75. The summed E-state index contributed by atoms with van der Waals surface area (Å²) in [6, 6.07) is 5.95. The maximum atomic E-state index is 5.75. The number of benzene rings is 1. The quantitative estimate of drug-likeness (QED) is 0.711. The molecule has 0 saturated carbocycles. The Morgan fingerprint density at radius 3 is 2.50 bits per heavy atom. The molecule has 0 N–H and O–H groups in total. The average molecular weight is 306 g/mol. The summed E-state index contributed by atoms with van der Waals surface area (Å²) in [7, 11) is 0. The summed E-state index contributed by atoms with van der Waals surface area (Å²) >= 11 is 9.24. The van der Waals surface area contributed by atoms with E-state index in [9.17, 15) is 0 Å². The summed E-state index contributed by atoms with van der Waals surface area (Å²) < 4.78 is 6.69. The summed E-state index contributed by atoms with van der Waals surface area (Å²) in [5.41, 5.74) is 1.40. The Morgan fingerprint density at radius 1 is 1.31 bits per heavy atom. The standard InChI is InChI=1S/C13H18BrClO/c1-13(2,3)6-7-16-12-5-4-10(9-15)8-11(12)14/h4-5,8H,6-7,9H2,1-3H3. The van der Waals surface area contributed by atoms with E-state index in [1.807, 2.05) is 18.2 Å². The summed E-state index contributed by atoms with van der Waals surface area (Å²) in [4.78, 5) is 0. The number of rotatable bonds is 4. The molecular weight excluding hydrogens is 287 g/mol. The zero-order chi connectivity index (χ0) is 12.2. The van der Waals surface area contributed by atoms with E-state index >= 15 is 0 Å². The Hall–Kier alpha value is -0.210. The number of hydrogen-bond donors (Lipinski definition) is 0. The highest BCUT2D eigenvalue weighted by Crippen LogP contribution is 2.27. The molecule has 0 aliphatic heterocycles. The van der Waals surface area contributed by atoms with Crippen LogP contribution in [0.2, 0.25) is 0 Å². The van der Waals surface area contributed by atoms with Crippen LogP contribution in [0.25, 0.3) is 0 Å². The number of alkyl halides is 1. The molecule has 0 atom stereocenters. The van der Waals surface area contributed by atoms with E-state index in [1.165, 1.54) is 0 Å². The minimum Gasteiger partial charge on any atom is -0.492 e. The normalized spacial score (nSPS) is 11.6. The van der Waals surface area contributed by atoms with Crippen molar-refractivity contribution >= 4 is 27.5 Å². The van der Waals surface area contributed by atoms with Crippen LogP contribution in [0, 0.1) is 5.41 Å². The van der Waals surface area contributed by atoms with Gasteiger partial charge in [-0.15, -0.1) is 11.6 Å². The molecule has 16 heavy (non-hydrogen) atoms. The molecule has 0 unspecified atom stereocenters. The first-order valence-electron chi connectivity index (χ1n) is 5.39. The topological polar surface area (TPSA) is 9.23 Å². The lowest BCUT2D eigenvalue weighted by molar-refractivity contribution is 0.242. The summed E-state index contributed by atoms with van der Waals surface area (Å²) in [5.74, 6) is 1.42. The number of ether oxygens (including phenoxy) is 1. The van der Waals surface area contributed by atoms with Crippen molar-refractivity contribution in [2.45, 2.75) is 33.1 Å². The van der Waals surface area contributed by atoms with Gasteiger partial charge in [0.15, 0.2) is 0 Å². The molecule has 0 spiro atoms. The molecule has 90 valence electrons. The van der Waals surface area contributed by atoms with E-state index in [4.69, 9.17) is 16.3 Å². The Morgan fingerprint density at radius 2 is 2.00 bits per heavy atom. The van der Waals surface area contributed by atoms with Gasteiger partial charge in [-0.2, -0.15) is 0 Å². The summed E-state index contributed by atoms with van der Waals surface area (Å²) in [6.07, 6.45) is 1.04. The van der Waals surface area contributed by atoms with Gasteiger partial charge in [0.25, 0.3) is 0 Å². The van der Waals surface area contributed by atoms with Crippen LogP contribution >= 0.6 is 27.5 Å². The molecule has 0 bridgehead atoms. The molecule has 0 radical (unpaired) electrons. The second kappa shape index (κ2) is 5.92. The Kier molecular flexibility index (Phi) is 5.13. The summed E-state index contributed by atoms with van der Waals surface area (Å²) in [6.45, 7) is 7.37. The maximum Gasteiger partial charge on any atom is 0.133 e. The van der Waals surface area contributed by atoms with Crippen LogP contribution < -0.4 is 4.74 Å². The second-order valence-electron chi connectivity index (χ2n) is 5.06. The van der Waals surface area contributed by atoms with E-state index in [-0.39, 0.29) is 0 Å². The van der Waals surface area contributed by atoms with Gasteiger partial charge in [-0.05, 0) is 45.5 Å². The number of hydrogen-bond acceptors (Lipinski definition) is 1. The van der Waals surface area contributed by atoms with E-state index < -0.39 is 0 Å². The van der Waals surface area contributed by atoms with Crippen LogP contribution in [0.15, 0.2) is 22.7 Å². The van der Waals surface area contributed by atoms with Gasteiger partial charge in [-0.3, -0.25) is 0 Å². The Labute approximate surface area is 111 Å². The van der Waals surface area contributed by atoms with Crippen LogP contribution in [0.5, 0.6) is 5.75 Å². The van der Waals surface area contributed by atoms with Gasteiger partial charge in [0, 0.05) is 5.88 Å². The molecule has 1 aromatic rings. The minimum atomic E-state index is 0.308. The number of halogens is 2. The van der Waals surface area contributed by atoms with Gasteiger partial charge < -0.3 is 4.74 Å². The SMILES string of the molecule is CC(C)(C)CCOc1ccc(CCl)cc1Br. The zero-order valence-corrected chi connectivity index (χ0v) is 12.4. The lowest BCUT2D eigenvalue weighted by Crippen LogP contribution is -2.11. The third-order valence-corrected chi connectivity index (χ3v) is 3.19. The third-order valence-electron chi connectivity index (χ3n) is 2.26. The van der Waals surface area contributed by atoms with Crippen molar-refractivity contribution < 1.29 is 4.74 Å². The molecule has 1 nitrogen and oxygen atoms in total. The van der Waals surface area contributed by atoms with Crippen LogP contribution in [-0.2, 0) is 5.88 Å². The Balaban J connectivity index is 2.55. The molecule has 3 heteroatoms. The molecule has 0 aliphatic rings. The van der Waals surface area contributed by atoms with Crippen LogP contribution in [-0.4, -0.2) is 6.61 Å². The van der Waals surface area contributed by atoms with Gasteiger partial charge in [-0.1, -0.05) is 26.8 Å². The van der Waals surface area contributed by atoms with Crippen molar-refractivity contribution in [1.82, 2.24) is 0 Å². The highest BCUT2D eigenvalue weighted by molar-refractivity contribution is 9.10. The lowest BCUT2D eigenvalue weighted by Gasteiger charge is -2.18. The molecule has 0 heterocycles. The van der Waals surface area contributed by atoms with Crippen molar-refractivity contribution in [3.05, 3.63) is 28.2 Å². The van der Waals surface area contributed by atoms with E-state index in [1.54, 1.807) is 0 Å². The molecule has 0 aliphatic carbocycles. The largest absolute Gasteiger partial charge is 0.492 e. The van der Waals surface area contributed by atoms with E-state index in [0.717, 1.165) is 28.8 Å². The predicted molar refractivity (Wildman–Crippen MR) is 73.3 cm³/mol. The second-order valence-corrected chi connectivity index (χ2v) is 6.18. The first-order valence-corrected chi connectivity index (χ1v) is 6.72. The van der Waals surface area contributed by atoms with Crippen molar-refractivity contribution in [3.63, 3.8) is 0 Å². The highest BCUT2D eigenvalue weighted by Gasteiger charge is 2.10. The molecule has 1 aromatic carbocycles. The molecule has 0 saturated heterocycles. The maximum absolute atomic E-state index is 5.75. The van der Waals surface area contributed by atoms with Gasteiger partial charge in [0.1, 0.15) is 5.75 Å². The fourth-order valence-corrected chi connectivity index (χ4v) is 1.92. The van der Waals surface area contributed by atoms with E-state index in [2.05, 4.69) is 36.7 Å². The minimum absolute atomic E-state index is 0.308. The summed E-state index contributed by atoms with van der Waals surface area (Å²) in [5, 5.41) is 0. The average Bonchev–Trinajstić information content (AvgIpc) is 2.18. The van der Waals surface area contributed by atoms with Gasteiger partial charge in [0.05, 0.1) is 11.1 Å². The highest BCUT2D eigenvalue weighted by atomic mass is 79.9. The van der Waals surface area contributed by atoms with Crippen molar-refractivity contribution in [1.29, 1.82) is 0 Å². The van der Waals surface area contributed by atoms with Crippen molar-refractivity contribution in [3.8, 4) is 5.75 Å². The lowest BCUT2D eigenvalue weighted by atomic mass is 9.93. The van der Waals surface area contributed by atoms with Gasteiger partial charge in [0.2, 0.25) is 0 Å². The monoisotopic (exact) mass is 304 g/mol. The van der Waals surface area contributed by atoms with Crippen LogP contribution in [0.4, 0.5) is 0 Å². The van der Waals surface area contributed by atoms with Crippen LogP contribution in [0.1, 0.15) is 32.8 Å². The van der Waals surface area contributed by atoms with Crippen molar-refractivity contribution in [2.24, 2.45) is 5.41 Å². The smallest absolute Gasteiger partial charge is 0.133 e. The molecule has 1 rings (SSSR count). The Bertz CT molecular complexity index is 344. The predicted octanol–water partition coefficient (Wildman–Crippen LogP) is 5.00. The molecule has 0 fully saturated rings. The first-order chi connectivity index (χ1) is 7.42. The fourth-order valence-electron chi connectivity index (χ4n) is 1.21. The fraction of sp³-hybridized carbons (Fsp3) is 0.538. The van der Waals surface area contributed by atoms with Crippen molar-refractivity contribution in [2.75, 3.05) is 6.61 Å². The zero-order valence-electron chi connectivity index (χ0n) is 10.0.